The van der Waals surface area contributed by atoms with E-state index in [0.29, 0.717) is 13.1 Å². The van der Waals surface area contributed by atoms with E-state index in [-0.39, 0.29) is 24.4 Å². The number of amides is 2. The highest BCUT2D eigenvalue weighted by Crippen LogP contribution is 1.87. The summed E-state index contributed by atoms with van der Waals surface area (Å²) in [6.07, 6.45) is 1.61. The van der Waals surface area contributed by atoms with Gasteiger partial charge in [0.15, 0.2) is 0 Å². The monoisotopic (exact) mass is 183 g/mol. The van der Waals surface area contributed by atoms with Crippen LogP contribution in [-0.2, 0) is 9.59 Å². The lowest BCUT2D eigenvalue weighted by molar-refractivity contribution is -0.126. The van der Waals surface area contributed by atoms with E-state index in [2.05, 4.69) is 22.5 Å². The van der Waals surface area contributed by atoms with E-state index in [9.17, 15) is 9.59 Å². The summed E-state index contributed by atoms with van der Waals surface area (Å²) in [5.74, 6) is -0.187. The summed E-state index contributed by atoms with van der Waals surface area (Å²) in [7, 11) is 0. The van der Waals surface area contributed by atoms with Gasteiger partial charge in [0.25, 0.3) is 0 Å². The largest absolute Gasteiger partial charge is 0.353 e. The van der Waals surface area contributed by atoms with Crippen LogP contribution in [0.3, 0.4) is 0 Å². The van der Waals surface area contributed by atoms with Gasteiger partial charge in [0.05, 0.1) is 6.54 Å². The lowest BCUT2D eigenvalue weighted by Crippen LogP contribution is -2.57. The molecule has 13 heavy (non-hydrogen) atoms. The molecule has 0 aromatic heterocycles. The van der Waals surface area contributed by atoms with Crippen LogP contribution >= 0.6 is 0 Å². The molecule has 0 spiro atoms. The van der Waals surface area contributed by atoms with Gasteiger partial charge in [0.1, 0.15) is 6.04 Å². The van der Waals surface area contributed by atoms with Crippen LogP contribution in [0.1, 0.15) is 0 Å². The molecular weight excluding hydrogens is 170 g/mol. The highest BCUT2D eigenvalue weighted by Gasteiger charge is 2.22. The Morgan fingerprint density at radius 1 is 1.77 bits per heavy atom. The lowest BCUT2D eigenvalue weighted by Gasteiger charge is -2.22. The maximum absolute atomic E-state index is 11.3. The number of hydrogen-bond donors (Lipinski definition) is 3. The second-order valence-electron chi connectivity index (χ2n) is 2.77. The van der Waals surface area contributed by atoms with E-state index in [1.165, 1.54) is 0 Å². The van der Waals surface area contributed by atoms with Crippen LogP contribution in [0.2, 0.25) is 0 Å². The summed E-state index contributed by atoms with van der Waals surface area (Å²) < 4.78 is 0. The molecule has 0 aromatic rings. The second kappa shape index (κ2) is 4.61. The average molecular weight is 183 g/mol. The minimum absolute atomic E-state index is 0.0761. The first-order valence-electron chi connectivity index (χ1n) is 4.12. The molecule has 72 valence electrons. The highest BCUT2D eigenvalue weighted by molar-refractivity contribution is 5.86. The molecule has 0 bridgehead atoms. The molecule has 3 N–H and O–H groups in total. The third-order valence-electron chi connectivity index (χ3n) is 1.75. The summed E-state index contributed by atoms with van der Waals surface area (Å²) in [5.41, 5.74) is 0. The Hall–Kier alpha value is -1.36. The quantitative estimate of drug-likeness (QED) is 0.460. The Kier molecular flexibility index (Phi) is 3.45. The Labute approximate surface area is 76.6 Å². The molecule has 0 aromatic carbocycles. The molecule has 0 saturated carbocycles. The first-order chi connectivity index (χ1) is 6.24. The van der Waals surface area contributed by atoms with Crippen LogP contribution in [0.5, 0.6) is 0 Å². The number of carbonyl (C=O) groups is 2. The molecule has 1 unspecified atom stereocenters. The molecule has 1 atom stereocenters. The molecule has 0 aliphatic carbocycles. The maximum Gasteiger partial charge on any atom is 0.239 e. The van der Waals surface area contributed by atoms with Crippen molar-refractivity contribution >= 4 is 11.8 Å². The number of nitrogens with one attached hydrogen (secondary N) is 3. The molecule has 1 fully saturated rings. The normalized spacial score (nSPS) is 21.8. The number of piperazine rings is 1. The second-order valence-corrected chi connectivity index (χ2v) is 2.77. The van der Waals surface area contributed by atoms with Crippen LogP contribution in [-0.4, -0.2) is 37.5 Å². The minimum atomic E-state index is -0.322. The van der Waals surface area contributed by atoms with Gasteiger partial charge in [-0.05, 0) is 0 Å². The van der Waals surface area contributed by atoms with Crippen molar-refractivity contribution < 1.29 is 9.59 Å². The van der Waals surface area contributed by atoms with Gasteiger partial charge in [-0.3, -0.25) is 14.9 Å². The summed E-state index contributed by atoms with van der Waals surface area (Å²) in [6.45, 7) is 4.48. The minimum Gasteiger partial charge on any atom is -0.353 e. The summed E-state index contributed by atoms with van der Waals surface area (Å²) in [4.78, 5) is 22.0. The zero-order chi connectivity index (χ0) is 9.68. The van der Waals surface area contributed by atoms with Crippen LogP contribution in [0, 0.1) is 0 Å². The molecule has 1 aliphatic rings. The zero-order valence-corrected chi connectivity index (χ0v) is 7.30. The first kappa shape index (κ1) is 9.73. The van der Waals surface area contributed by atoms with Crippen molar-refractivity contribution in [3.05, 3.63) is 12.7 Å². The molecule has 1 rings (SSSR count). The maximum atomic E-state index is 11.3. The van der Waals surface area contributed by atoms with E-state index in [4.69, 9.17) is 0 Å². The molecule has 0 radical (unpaired) electrons. The topological polar surface area (TPSA) is 70.2 Å². The highest BCUT2D eigenvalue weighted by atomic mass is 16.2. The van der Waals surface area contributed by atoms with Crippen LogP contribution in [0.4, 0.5) is 0 Å². The van der Waals surface area contributed by atoms with E-state index < -0.39 is 0 Å². The van der Waals surface area contributed by atoms with Crippen molar-refractivity contribution in [3.8, 4) is 0 Å². The zero-order valence-electron chi connectivity index (χ0n) is 7.30. The van der Waals surface area contributed by atoms with Crippen molar-refractivity contribution in [2.75, 3.05) is 19.6 Å². The van der Waals surface area contributed by atoms with Crippen LogP contribution < -0.4 is 16.0 Å². The van der Waals surface area contributed by atoms with Gasteiger partial charge in [-0.25, -0.2) is 0 Å². The van der Waals surface area contributed by atoms with E-state index in [0.717, 1.165) is 0 Å². The van der Waals surface area contributed by atoms with Crippen molar-refractivity contribution in [3.63, 3.8) is 0 Å². The summed E-state index contributed by atoms with van der Waals surface area (Å²) in [5, 5.41) is 8.07. The van der Waals surface area contributed by atoms with Gasteiger partial charge >= 0.3 is 0 Å². The van der Waals surface area contributed by atoms with Crippen LogP contribution in [0.15, 0.2) is 12.7 Å². The average Bonchev–Trinajstić information content (AvgIpc) is 2.15. The molecule has 1 saturated heterocycles. The third-order valence-corrected chi connectivity index (χ3v) is 1.75. The van der Waals surface area contributed by atoms with Gasteiger partial charge in [-0.1, -0.05) is 6.08 Å². The molecule has 2 amide bonds. The predicted octanol–water partition coefficient (Wildman–Crippen LogP) is -1.62. The van der Waals surface area contributed by atoms with Crippen molar-refractivity contribution in [1.82, 2.24) is 16.0 Å². The Balaban J connectivity index is 2.31. The van der Waals surface area contributed by atoms with E-state index >= 15 is 0 Å². The van der Waals surface area contributed by atoms with E-state index in [1.54, 1.807) is 6.08 Å². The standard InChI is InChI=1S/C8H13N3O2/c1-2-3-9-8(13)6-4-11-7(12)5-10-6/h2,6,10H,1,3-5H2,(H,9,13)(H,11,12). The Bertz CT molecular complexity index is 217. The summed E-state index contributed by atoms with van der Waals surface area (Å²) in [6, 6.07) is -0.322. The van der Waals surface area contributed by atoms with E-state index in [1.807, 2.05) is 0 Å². The van der Waals surface area contributed by atoms with Crippen molar-refractivity contribution in [2.45, 2.75) is 6.04 Å². The lowest BCUT2D eigenvalue weighted by atomic mass is 10.2. The van der Waals surface area contributed by atoms with Gasteiger partial charge in [-0.15, -0.1) is 6.58 Å². The SMILES string of the molecule is C=CCNC(=O)C1CNC(=O)CN1. The van der Waals surface area contributed by atoms with Crippen LogP contribution in [0.25, 0.3) is 0 Å². The summed E-state index contributed by atoms with van der Waals surface area (Å²) >= 11 is 0. The molecule has 5 nitrogen and oxygen atoms in total. The smallest absolute Gasteiger partial charge is 0.239 e. The van der Waals surface area contributed by atoms with Gasteiger partial charge in [0, 0.05) is 13.1 Å². The molecule has 1 aliphatic heterocycles. The molecular formula is C8H13N3O2. The Morgan fingerprint density at radius 3 is 3.08 bits per heavy atom. The van der Waals surface area contributed by atoms with Crippen molar-refractivity contribution in [1.29, 1.82) is 0 Å². The molecule has 1 heterocycles. The fourth-order valence-corrected chi connectivity index (χ4v) is 1.05. The molecule has 5 heteroatoms. The fourth-order valence-electron chi connectivity index (χ4n) is 1.05. The first-order valence-corrected chi connectivity index (χ1v) is 4.12. The van der Waals surface area contributed by atoms with Gasteiger partial charge < -0.3 is 10.6 Å². The van der Waals surface area contributed by atoms with Crippen molar-refractivity contribution in [2.24, 2.45) is 0 Å². The third kappa shape index (κ3) is 2.87. The fraction of sp³-hybridized carbons (Fsp3) is 0.500. The van der Waals surface area contributed by atoms with Gasteiger partial charge in [-0.2, -0.15) is 0 Å². The van der Waals surface area contributed by atoms with Gasteiger partial charge in [0.2, 0.25) is 11.8 Å². The number of hydrogen-bond acceptors (Lipinski definition) is 3. The number of rotatable bonds is 3. The predicted molar refractivity (Wildman–Crippen MR) is 48.0 cm³/mol. The number of carbonyl (C=O) groups excluding carboxylic acids is 2. The Morgan fingerprint density at radius 2 is 2.54 bits per heavy atom.